The second-order valence-corrected chi connectivity index (χ2v) is 4.96. The lowest BCUT2D eigenvalue weighted by molar-refractivity contribution is 0.989. The fourth-order valence-corrected chi connectivity index (χ4v) is 2.56. The molecule has 0 aliphatic carbocycles. The van der Waals surface area contributed by atoms with Gasteiger partial charge in [0, 0.05) is 0 Å². The normalized spacial score (nSPS) is 11.5. The van der Waals surface area contributed by atoms with Gasteiger partial charge in [0.15, 0.2) is 5.65 Å². The van der Waals surface area contributed by atoms with Crippen LogP contribution in [0, 0.1) is 6.92 Å². The quantitative estimate of drug-likeness (QED) is 0.546. The minimum atomic E-state index is 0.458. The molecule has 3 heterocycles. The predicted molar refractivity (Wildman–Crippen MR) is 78.3 cm³/mol. The van der Waals surface area contributed by atoms with E-state index in [1.165, 1.54) is 0 Å². The summed E-state index contributed by atoms with van der Waals surface area (Å²) >= 11 is 6.00. The maximum atomic E-state index is 6.00. The predicted octanol–water partition coefficient (Wildman–Crippen LogP) is 3.26. The van der Waals surface area contributed by atoms with Crippen molar-refractivity contribution in [3.8, 4) is 5.69 Å². The summed E-state index contributed by atoms with van der Waals surface area (Å²) in [5, 5.41) is 0.458. The third-order valence-corrected chi connectivity index (χ3v) is 3.51. The van der Waals surface area contributed by atoms with Crippen molar-refractivity contribution >= 4 is 33.8 Å². The molecule has 98 valence electrons. The highest BCUT2D eigenvalue weighted by atomic mass is 35.5. The van der Waals surface area contributed by atoms with Crippen LogP contribution < -0.4 is 0 Å². The van der Waals surface area contributed by atoms with Crippen LogP contribution in [-0.2, 0) is 0 Å². The number of nitrogens with zero attached hydrogens (tertiary/aromatic N) is 4. The number of nitrogens with one attached hydrogen (secondary N) is 1. The molecule has 0 bridgehead atoms. The van der Waals surface area contributed by atoms with Gasteiger partial charge in [-0.15, -0.1) is 0 Å². The SMILES string of the molecule is Cc1nc2ccc(Cl)nc2n1-c1ccc2[nH]cnc2c1. The molecule has 1 aromatic carbocycles. The lowest BCUT2D eigenvalue weighted by Gasteiger charge is -2.06. The van der Waals surface area contributed by atoms with Crippen LogP contribution in [0.5, 0.6) is 0 Å². The number of aryl methyl sites for hydroxylation is 1. The lowest BCUT2D eigenvalue weighted by Crippen LogP contribution is -1.98. The number of halogens is 1. The Hall–Kier alpha value is -2.40. The van der Waals surface area contributed by atoms with Crippen LogP contribution in [0.15, 0.2) is 36.7 Å². The zero-order chi connectivity index (χ0) is 13.7. The van der Waals surface area contributed by atoms with Crippen LogP contribution in [0.4, 0.5) is 0 Å². The molecule has 0 aliphatic heterocycles. The molecule has 4 rings (SSSR count). The van der Waals surface area contributed by atoms with Crippen LogP contribution in [0.2, 0.25) is 5.15 Å². The zero-order valence-corrected chi connectivity index (χ0v) is 11.4. The van der Waals surface area contributed by atoms with E-state index in [1.807, 2.05) is 35.8 Å². The van der Waals surface area contributed by atoms with Gasteiger partial charge in [-0.25, -0.2) is 15.0 Å². The van der Waals surface area contributed by atoms with E-state index in [1.54, 1.807) is 12.4 Å². The van der Waals surface area contributed by atoms with Crippen LogP contribution >= 0.6 is 11.6 Å². The first-order valence-corrected chi connectivity index (χ1v) is 6.55. The average molecular weight is 284 g/mol. The molecule has 0 fully saturated rings. The second kappa shape index (κ2) is 4.05. The summed E-state index contributed by atoms with van der Waals surface area (Å²) in [6, 6.07) is 9.63. The van der Waals surface area contributed by atoms with E-state index in [0.717, 1.165) is 33.7 Å². The first-order valence-electron chi connectivity index (χ1n) is 6.17. The summed E-state index contributed by atoms with van der Waals surface area (Å²) in [5.74, 6) is 0.865. The standard InChI is InChI=1S/C14H10ClN5/c1-8-18-11-4-5-13(15)19-14(11)20(8)9-2-3-10-12(6-9)17-7-16-10/h2-7H,1H3,(H,16,17). The molecule has 0 amide bonds. The highest BCUT2D eigenvalue weighted by Gasteiger charge is 2.11. The van der Waals surface area contributed by atoms with E-state index in [9.17, 15) is 0 Å². The number of imidazole rings is 2. The first kappa shape index (κ1) is 11.4. The summed E-state index contributed by atoms with van der Waals surface area (Å²) in [6.07, 6.45) is 1.68. The van der Waals surface area contributed by atoms with Crippen molar-refractivity contribution in [1.29, 1.82) is 0 Å². The van der Waals surface area contributed by atoms with Crippen molar-refractivity contribution in [3.63, 3.8) is 0 Å². The molecule has 6 heteroatoms. The first-order chi connectivity index (χ1) is 9.72. The van der Waals surface area contributed by atoms with Crippen LogP contribution in [0.3, 0.4) is 0 Å². The minimum Gasteiger partial charge on any atom is -0.345 e. The summed E-state index contributed by atoms with van der Waals surface area (Å²) in [4.78, 5) is 16.3. The molecule has 4 aromatic rings. The van der Waals surface area contributed by atoms with Crippen LogP contribution in [0.25, 0.3) is 27.9 Å². The fraction of sp³-hybridized carbons (Fsp3) is 0.0714. The summed E-state index contributed by atoms with van der Waals surface area (Å²) in [7, 11) is 0. The Morgan fingerprint density at radius 2 is 2.00 bits per heavy atom. The molecule has 1 N–H and O–H groups in total. The maximum Gasteiger partial charge on any atom is 0.166 e. The fourth-order valence-electron chi connectivity index (χ4n) is 2.42. The molecule has 3 aromatic heterocycles. The number of aromatic amines is 1. The second-order valence-electron chi connectivity index (χ2n) is 4.58. The molecule has 5 nitrogen and oxygen atoms in total. The molecule has 0 atom stereocenters. The van der Waals surface area contributed by atoms with Gasteiger partial charge in [0.1, 0.15) is 16.5 Å². The molecule has 0 aliphatic rings. The third-order valence-electron chi connectivity index (χ3n) is 3.30. The van der Waals surface area contributed by atoms with Gasteiger partial charge in [-0.05, 0) is 37.3 Å². The number of pyridine rings is 1. The van der Waals surface area contributed by atoms with E-state index >= 15 is 0 Å². The Bertz CT molecular complexity index is 937. The number of hydrogen-bond donors (Lipinski definition) is 1. The summed E-state index contributed by atoms with van der Waals surface area (Å²) < 4.78 is 1.98. The number of benzene rings is 1. The van der Waals surface area contributed by atoms with Gasteiger partial charge in [0.25, 0.3) is 0 Å². The van der Waals surface area contributed by atoms with Crippen molar-refractivity contribution in [1.82, 2.24) is 24.5 Å². The van der Waals surface area contributed by atoms with E-state index in [2.05, 4.69) is 19.9 Å². The highest BCUT2D eigenvalue weighted by Crippen LogP contribution is 2.23. The van der Waals surface area contributed by atoms with Crippen molar-refractivity contribution in [3.05, 3.63) is 47.6 Å². The molecule has 0 saturated heterocycles. The molecule has 0 saturated carbocycles. The third kappa shape index (κ3) is 1.60. The van der Waals surface area contributed by atoms with E-state index in [4.69, 9.17) is 11.6 Å². The molecule has 0 spiro atoms. The number of rotatable bonds is 1. The summed E-state index contributed by atoms with van der Waals surface area (Å²) in [6.45, 7) is 1.95. The topological polar surface area (TPSA) is 59.4 Å². The number of fused-ring (bicyclic) bond motifs is 2. The van der Waals surface area contributed by atoms with E-state index in [0.29, 0.717) is 5.15 Å². The van der Waals surface area contributed by atoms with Gasteiger partial charge in [-0.3, -0.25) is 4.57 Å². The highest BCUT2D eigenvalue weighted by molar-refractivity contribution is 6.29. The maximum absolute atomic E-state index is 6.00. The Morgan fingerprint density at radius 1 is 1.10 bits per heavy atom. The van der Waals surface area contributed by atoms with Gasteiger partial charge in [0.05, 0.1) is 23.0 Å². The van der Waals surface area contributed by atoms with Crippen LogP contribution in [0.1, 0.15) is 5.82 Å². The zero-order valence-electron chi connectivity index (χ0n) is 10.6. The van der Waals surface area contributed by atoms with Crippen molar-refractivity contribution < 1.29 is 0 Å². The van der Waals surface area contributed by atoms with Crippen LogP contribution in [-0.4, -0.2) is 24.5 Å². The number of hydrogen-bond acceptors (Lipinski definition) is 3. The van der Waals surface area contributed by atoms with Gasteiger partial charge in [0.2, 0.25) is 0 Å². The molecule has 0 unspecified atom stereocenters. The van der Waals surface area contributed by atoms with Gasteiger partial charge < -0.3 is 4.98 Å². The van der Waals surface area contributed by atoms with Crippen molar-refractivity contribution in [2.24, 2.45) is 0 Å². The average Bonchev–Trinajstić information content (AvgIpc) is 3.00. The Kier molecular flexibility index (Phi) is 2.31. The van der Waals surface area contributed by atoms with Crippen molar-refractivity contribution in [2.75, 3.05) is 0 Å². The summed E-state index contributed by atoms with van der Waals surface area (Å²) in [5.41, 5.74) is 4.46. The molecular weight excluding hydrogens is 274 g/mol. The van der Waals surface area contributed by atoms with Gasteiger partial charge >= 0.3 is 0 Å². The largest absolute Gasteiger partial charge is 0.345 e. The van der Waals surface area contributed by atoms with Gasteiger partial charge in [-0.2, -0.15) is 0 Å². The van der Waals surface area contributed by atoms with Crippen molar-refractivity contribution in [2.45, 2.75) is 6.92 Å². The molecule has 0 radical (unpaired) electrons. The monoisotopic (exact) mass is 283 g/mol. The van der Waals surface area contributed by atoms with E-state index < -0.39 is 0 Å². The minimum absolute atomic E-state index is 0.458. The Labute approximate surface area is 119 Å². The molecule has 20 heavy (non-hydrogen) atoms. The number of H-pyrrole nitrogens is 1. The smallest absolute Gasteiger partial charge is 0.166 e. The Morgan fingerprint density at radius 3 is 2.90 bits per heavy atom. The lowest BCUT2D eigenvalue weighted by atomic mass is 10.2. The van der Waals surface area contributed by atoms with E-state index in [-0.39, 0.29) is 0 Å². The number of aromatic nitrogens is 5. The Balaban J connectivity index is 2.05. The van der Waals surface area contributed by atoms with Gasteiger partial charge in [-0.1, -0.05) is 11.6 Å². The molecular formula is C14H10ClN5.